The molecule has 1 aromatic rings. The molecule has 2 rings (SSSR count). The van der Waals surface area contributed by atoms with Gasteiger partial charge in [-0.25, -0.2) is 0 Å². The van der Waals surface area contributed by atoms with Crippen LogP contribution in [0.4, 0.5) is 5.69 Å². The molecular weight excluding hydrogens is 244 g/mol. The summed E-state index contributed by atoms with van der Waals surface area (Å²) in [5, 5.41) is 12.2. The number of rotatable bonds is 4. The summed E-state index contributed by atoms with van der Waals surface area (Å²) >= 11 is 0. The topological polar surface area (TPSA) is 61.8 Å². The number of nitrogens with one attached hydrogen (secondary N) is 1. The Labute approximate surface area is 113 Å². The maximum atomic E-state index is 11.9. The van der Waals surface area contributed by atoms with E-state index in [0.717, 1.165) is 24.4 Å². The smallest absolute Gasteiger partial charge is 0.245 e. The van der Waals surface area contributed by atoms with Crippen molar-refractivity contribution in [3.05, 3.63) is 24.3 Å². The van der Waals surface area contributed by atoms with Gasteiger partial charge in [0.25, 0.3) is 0 Å². The third kappa shape index (κ3) is 3.17. The van der Waals surface area contributed by atoms with Gasteiger partial charge in [0.1, 0.15) is 11.8 Å². The highest BCUT2D eigenvalue weighted by molar-refractivity contribution is 5.85. The number of anilines is 1. The zero-order valence-electron chi connectivity index (χ0n) is 11.1. The lowest BCUT2D eigenvalue weighted by Gasteiger charge is -2.29. The van der Waals surface area contributed by atoms with Crippen molar-refractivity contribution in [3.8, 4) is 5.75 Å². The molecule has 1 saturated heterocycles. The first-order valence-corrected chi connectivity index (χ1v) is 6.64. The molecule has 1 aliphatic rings. The van der Waals surface area contributed by atoms with Crippen molar-refractivity contribution < 1.29 is 14.6 Å². The Morgan fingerprint density at radius 2 is 2.16 bits per heavy atom. The van der Waals surface area contributed by atoms with Gasteiger partial charge in [-0.2, -0.15) is 0 Å². The van der Waals surface area contributed by atoms with Gasteiger partial charge in [0.15, 0.2) is 0 Å². The van der Waals surface area contributed by atoms with Gasteiger partial charge in [0.05, 0.1) is 13.2 Å². The van der Waals surface area contributed by atoms with Crippen LogP contribution in [0, 0.1) is 0 Å². The number of ether oxygens (including phenoxy) is 1. The number of nitrogens with zero attached hydrogens (tertiary/aromatic N) is 1. The predicted octanol–water partition coefficient (Wildman–Crippen LogP) is 0.772. The largest absolute Gasteiger partial charge is 0.494 e. The van der Waals surface area contributed by atoms with Crippen LogP contribution >= 0.6 is 0 Å². The Morgan fingerprint density at radius 3 is 2.79 bits per heavy atom. The minimum absolute atomic E-state index is 0.117. The van der Waals surface area contributed by atoms with Gasteiger partial charge >= 0.3 is 0 Å². The van der Waals surface area contributed by atoms with E-state index in [1.165, 1.54) is 0 Å². The van der Waals surface area contributed by atoms with Gasteiger partial charge in [-0.05, 0) is 37.6 Å². The van der Waals surface area contributed by atoms with E-state index in [1.54, 1.807) is 0 Å². The number of carbonyl (C=O) groups is 1. The molecule has 1 aromatic carbocycles. The number of amides is 1. The molecule has 0 saturated carbocycles. The number of aliphatic hydroxyl groups excluding tert-OH is 1. The van der Waals surface area contributed by atoms with E-state index in [9.17, 15) is 9.90 Å². The third-order valence-corrected chi connectivity index (χ3v) is 3.21. The first kappa shape index (κ1) is 13.7. The van der Waals surface area contributed by atoms with Crippen molar-refractivity contribution in [3.63, 3.8) is 0 Å². The van der Waals surface area contributed by atoms with Crippen LogP contribution in [0.2, 0.25) is 0 Å². The SMILES string of the molecule is CCOc1ccc(N2CCCNC(=O)C2CO)cc1. The molecule has 19 heavy (non-hydrogen) atoms. The average Bonchev–Trinajstić information content (AvgIpc) is 2.61. The van der Waals surface area contributed by atoms with E-state index in [-0.39, 0.29) is 12.5 Å². The van der Waals surface area contributed by atoms with Crippen LogP contribution in [-0.2, 0) is 4.79 Å². The lowest BCUT2D eigenvalue weighted by Crippen LogP contribution is -2.46. The molecule has 0 radical (unpaired) electrons. The maximum absolute atomic E-state index is 11.9. The van der Waals surface area contributed by atoms with E-state index in [0.29, 0.717) is 13.2 Å². The standard InChI is InChI=1S/C14H20N2O3/c1-2-19-12-6-4-11(5-7-12)16-9-3-8-15-14(18)13(16)10-17/h4-7,13,17H,2-3,8-10H2,1H3,(H,15,18). The van der Waals surface area contributed by atoms with Crippen LogP contribution in [0.1, 0.15) is 13.3 Å². The molecule has 1 amide bonds. The molecule has 2 N–H and O–H groups in total. The predicted molar refractivity (Wildman–Crippen MR) is 73.5 cm³/mol. The second-order valence-corrected chi connectivity index (χ2v) is 4.46. The van der Waals surface area contributed by atoms with Gasteiger partial charge in [-0.1, -0.05) is 0 Å². The van der Waals surface area contributed by atoms with E-state index >= 15 is 0 Å². The van der Waals surface area contributed by atoms with Crippen molar-refractivity contribution >= 4 is 11.6 Å². The number of hydrogen-bond donors (Lipinski definition) is 2. The summed E-state index contributed by atoms with van der Waals surface area (Å²) in [5.74, 6) is 0.694. The molecule has 104 valence electrons. The summed E-state index contributed by atoms with van der Waals surface area (Å²) in [4.78, 5) is 13.8. The molecule has 5 heteroatoms. The molecule has 0 aliphatic carbocycles. The summed E-state index contributed by atoms with van der Waals surface area (Å²) < 4.78 is 5.40. The molecular formula is C14H20N2O3. The normalized spacial score (nSPS) is 19.8. The lowest BCUT2D eigenvalue weighted by molar-refractivity contribution is -0.122. The Hall–Kier alpha value is -1.75. The fourth-order valence-electron chi connectivity index (χ4n) is 2.27. The van der Waals surface area contributed by atoms with Crippen LogP contribution in [0.3, 0.4) is 0 Å². The van der Waals surface area contributed by atoms with Gasteiger partial charge < -0.3 is 20.1 Å². The molecule has 1 heterocycles. The average molecular weight is 264 g/mol. The van der Waals surface area contributed by atoms with Gasteiger partial charge in [-0.3, -0.25) is 4.79 Å². The van der Waals surface area contributed by atoms with E-state index in [1.807, 2.05) is 36.1 Å². The monoisotopic (exact) mass is 264 g/mol. The summed E-state index contributed by atoms with van der Waals surface area (Å²) in [6.07, 6.45) is 0.870. The second-order valence-electron chi connectivity index (χ2n) is 4.46. The van der Waals surface area contributed by atoms with Crippen LogP contribution in [0.5, 0.6) is 5.75 Å². The number of benzene rings is 1. The van der Waals surface area contributed by atoms with Crippen molar-refractivity contribution in [2.75, 3.05) is 31.2 Å². The fourth-order valence-corrected chi connectivity index (χ4v) is 2.27. The van der Waals surface area contributed by atoms with E-state index in [2.05, 4.69) is 5.32 Å². The number of carbonyl (C=O) groups excluding carboxylic acids is 1. The van der Waals surface area contributed by atoms with Crippen molar-refractivity contribution in [2.24, 2.45) is 0 Å². The molecule has 1 aliphatic heterocycles. The second kappa shape index (κ2) is 6.43. The highest BCUT2D eigenvalue weighted by atomic mass is 16.5. The molecule has 0 bridgehead atoms. The maximum Gasteiger partial charge on any atom is 0.245 e. The van der Waals surface area contributed by atoms with E-state index in [4.69, 9.17) is 4.74 Å². The molecule has 1 unspecified atom stereocenters. The van der Waals surface area contributed by atoms with E-state index < -0.39 is 6.04 Å². The van der Waals surface area contributed by atoms with Gasteiger partial charge in [-0.15, -0.1) is 0 Å². The molecule has 0 aromatic heterocycles. The first-order chi connectivity index (χ1) is 9.26. The van der Waals surface area contributed by atoms with Crippen LogP contribution in [0.15, 0.2) is 24.3 Å². The first-order valence-electron chi connectivity index (χ1n) is 6.64. The summed E-state index contributed by atoms with van der Waals surface area (Å²) in [7, 11) is 0. The Kier molecular flexibility index (Phi) is 4.63. The number of aliphatic hydroxyl groups is 1. The van der Waals surface area contributed by atoms with Crippen molar-refractivity contribution in [1.82, 2.24) is 5.32 Å². The number of hydrogen-bond acceptors (Lipinski definition) is 4. The molecule has 5 nitrogen and oxygen atoms in total. The van der Waals surface area contributed by atoms with Crippen molar-refractivity contribution in [1.29, 1.82) is 0 Å². The molecule has 1 fully saturated rings. The Bertz CT molecular complexity index is 419. The lowest BCUT2D eigenvalue weighted by atomic mass is 10.2. The molecule has 0 spiro atoms. The zero-order chi connectivity index (χ0) is 13.7. The third-order valence-electron chi connectivity index (χ3n) is 3.21. The summed E-state index contributed by atoms with van der Waals surface area (Å²) in [5.41, 5.74) is 0.930. The molecule has 1 atom stereocenters. The Balaban J connectivity index is 2.19. The van der Waals surface area contributed by atoms with Crippen LogP contribution < -0.4 is 15.0 Å². The minimum Gasteiger partial charge on any atom is -0.494 e. The van der Waals surface area contributed by atoms with Gasteiger partial charge in [0, 0.05) is 18.8 Å². The highest BCUT2D eigenvalue weighted by Crippen LogP contribution is 2.22. The van der Waals surface area contributed by atoms with Crippen molar-refractivity contribution in [2.45, 2.75) is 19.4 Å². The summed E-state index contributed by atoms with van der Waals surface area (Å²) in [6, 6.07) is 7.10. The van der Waals surface area contributed by atoms with Gasteiger partial charge in [0.2, 0.25) is 5.91 Å². The fraction of sp³-hybridized carbons (Fsp3) is 0.500. The zero-order valence-corrected chi connectivity index (χ0v) is 11.1. The van der Waals surface area contributed by atoms with Crippen LogP contribution in [0.25, 0.3) is 0 Å². The minimum atomic E-state index is -0.513. The summed E-state index contributed by atoms with van der Waals surface area (Å²) in [6.45, 7) is 3.79. The Morgan fingerprint density at radius 1 is 1.42 bits per heavy atom. The van der Waals surface area contributed by atoms with Crippen LogP contribution in [-0.4, -0.2) is 43.4 Å². The highest BCUT2D eigenvalue weighted by Gasteiger charge is 2.27. The quantitative estimate of drug-likeness (QED) is 0.843.